The lowest BCUT2D eigenvalue weighted by Gasteiger charge is -2.10. The van der Waals surface area contributed by atoms with Gasteiger partial charge in [-0.2, -0.15) is 0 Å². The van der Waals surface area contributed by atoms with E-state index in [-0.39, 0.29) is 22.9 Å². The van der Waals surface area contributed by atoms with Crippen molar-refractivity contribution >= 4 is 33.5 Å². The van der Waals surface area contributed by atoms with Gasteiger partial charge in [-0.25, -0.2) is 13.1 Å². The number of rotatable bonds is 7. The number of halogens is 1. The van der Waals surface area contributed by atoms with Crippen LogP contribution in [0.1, 0.15) is 13.3 Å². The Balaban J connectivity index is 2.54. The number of benzene rings is 1. The Bertz CT molecular complexity index is 632. The molecule has 1 aromatic rings. The molecule has 21 heavy (non-hydrogen) atoms. The first-order valence-electron chi connectivity index (χ1n) is 5.97. The third kappa shape index (κ3) is 5.33. The molecule has 9 heteroatoms. The molecule has 0 aromatic heterocycles. The monoisotopic (exact) mass is 334 g/mol. The van der Waals surface area contributed by atoms with Gasteiger partial charge in [-0.3, -0.25) is 9.59 Å². The summed E-state index contributed by atoms with van der Waals surface area (Å²) >= 11 is 5.79. The molecule has 1 amide bonds. The summed E-state index contributed by atoms with van der Waals surface area (Å²) in [6.45, 7) is 1.14. The predicted molar refractivity (Wildman–Crippen MR) is 76.0 cm³/mol. The summed E-state index contributed by atoms with van der Waals surface area (Å²) < 4.78 is 30.8. The molecular formula is C12H15ClN2O5S. The summed E-state index contributed by atoms with van der Waals surface area (Å²) in [6.07, 6.45) is -1.29. The number of primary amides is 1. The van der Waals surface area contributed by atoms with E-state index in [4.69, 9.17) is 17.3 Å². The Morgan fingerprint density at radius 3 is 2.57 bits per heavy atom. The summed E-state index contributed by atoms with van der Waals surface area (Å²) in [7, 11) is -3.81. The third-order valence-electron chi connectivity index (χ3n) is 2.46. The Labute approximate surface area is 127 Å². The van der Waals surface area contributed by atoms with Gasteiger partial charge in [0, 0.05) is 6.54 Å². The molecule has 0 radical (unpaired) electrons. The Morgan fingerprint density at radius 2 is 2.00 bits per heavy atom. The lowest BCUT2D eigenvalue weighted by atomic mass is 10.4. The van der Waals surface area contributed by atoms with Crippen molar-refractivity contribution in [1.82, 2.24) is 4.72 Å². The van der Waals surface area contributed by atoms with Gasteiger partial charge in [-0.1, -0.05) is 23.7 Å². The van der Waals surface area contributed by atoms with E-state index in [1.54, 1.807) is 6.07 Å². The first kappa shape index (κ1) is 17.4. The topological polar surface area (TPSA) is 116 Å². The van der Waals surface area contributed by atoms with Gasteiger partial charge in [-0.15, -0.1) is 0 Å². The molecule has 0 unspecified atom stereocenters. The summed E-state index contributed by atoms with van der Waals surface area (Å²) in [4.78, 5) is 22.0. The van der Waals surface area contributed by atoms with E-state index >= 15 is 0 Å². The van der Waals surface area contributed by atoms with Crippen LogP contribution in [0.2, 0.25) is 5.02 Å². The highest BCUT2D eigenvalue weighted by Crippen LogP contribution is 2.19. The van der Waals surface area contributed by atoms with Crippen molar-refractivity contribution in [2.75, 3.05) is 6.54 Å². The second-order valence-electron chi connectivity index (χ2n) is 4.11. The van der Waals surface area contributed by atoms with Crippen LogP contribution in [0.5, 0.6) is 0 Å². The van der Waals surface area contributed by atoms with Crippen LogP contribution in [0.15, 0.2) is 29.2 Å². The van der Waals surface area contributed by atoms with Crippen LogP contribution < -0.4 is 10.5 Å². The van der Waals surface area contributed by atoms with E-state index in [0.717, 1.165) is 0 Å². The van der Waals surface area contributed by atoms with Gasteiger partial charge in [0.05, 0.1) is 11.4 Å². The minimum absolute atomic E-state index is 0.0782. The lowest BCUT2D eigenvalue weighted by molar-refractivity contribution is -0.153. The second kappa shape index (κ2) is 7.39. The quantitative estimate of drug-likeness (QED) is 0.701. The first-order chi connectivity index (χ1) is 9.74. The number of nitrogens with one attached hydrogen (secondary N) is 1. The minimum atomic E-state index is -3.81. The van der Waals surface area contributed by atoms with Crippen molar-refractivity contribution in [2.45, 2.75) is 24.3 Å². The predicted octanol–water partition coefficient (Wildman–Crippen LogP) is 0.425. The van der Waals surface area contributed by atoms with Crippen LogP contribution in [0.4, 0.5) is 0 Å². The van der Waals surface area contributed by atoms with Crippen LogP contribution >= 0.6 is 11.6 Å². The lowest BCUT2D eigenvalue weighted by Crippen LogP contribution is -2.32. The van der Waals surface area contributed by atoms with E-state index in [9.17, 15) is 18.0 Å². The molecule has 0 saturated heterocycles. The third-order valence-corrected chi connectivity index (χ3v) is 4.42. The number of hydrogen-bond acceptors (Lipinski definition) is 5. The van der Waals surface area contributed by atoms with Crippen LogP contribution in [0.25, 0.3) is 0 Å². The fraction of sp³-hybridized carbons (Fsp3) is 0.333. The maximum absolute atomic E-state index is 11.9. The molecule has 0 aliphatic heterocycles. The van der Waals surface area contributed by atoms with Crippen LogP contribution in [0, 0.1) is 0 Å². The number of carbonyl (C=O) groups is 2. The van der Waals surface area contributed by atoms with Crippen LogP contribution in [0.3, 0.4) is 0 Å². The largest absolute Gasteiger partial charge is 0.453 e. The molecule has 1 aromatic carbocycles. The standard InChI is InChI=1S/C12H15ClN2O5S/c1-8(12(14)17)20-11(16)6-7-15-21(18,19)10-5-3-2-4-9(10)13/h2-5,8,15H,6-7H2,1H3,(H2,14,17)/t8-/m1/s1. The summed E-state index contributed by atoms with van der Waals surface area (Å²) in [6, 6.07) is 5.92. The highest BCUT2D eigenvalue weighted by molar-refractivity contribution is 7.89. The Hall–Kier alpha value is -1.64. The maximum Gasteiger partial charge on any atom is 0.307 e. The summed E-state index contributed by atoms with van der Waals surface area (Å²) in [5.74, 6) is -1.51. The van der Waals surface area contributed by atoms with Crippen molar-refractivity contribution in [3.8, 4) is 0 Å². The van der Waals surface area contributed by atoms with Crippen molar-refractivity contribution < 1.29 is 22.7 Å². The molecule has 0 bridgehead atoms. The molecule has 0 aliphatic carbocycles. The normalized spacial score (nSPS) is 12.7. The summed E-state index contributed by atoms with van der Waals surface area (Å²) in [5.41, 5.74) is 4.93. The maximum atomic E-state index is 11.9. The number of esters is 1. The Kier molecular flexibility index (Phi) is 6.13. The van der Waals surface area contributed by atoms with E-state index in [1.165, 1.54) is 25.1 Å². The number of amides is 1. The average Bonchev–Trinajstić information content (AvgIpc) is 2.38. The molecular weight excluding hydrogens is 320 g/mol. The van der Waals surface area contributed by atoms with Crippen molar-refractivity contribution in [3.05, 3.63) is 29.3 Å². The molecule has 0 fully saturated rings. The Morgan fingerprint density at radius 1 is 1.38 bits per heavy atom. The molecule has 0 heterocycles. The zero-order chi connectivity index (χ0) is 16.0. The van der Waals surface area contributed by atoms with Gasteiger partial charge in [-0.05, 0) is 19.1 Å². The number of sulfonamides is 1. The molecule has 7 nitrogen and oxygen atoms in total. The molecule has 1 atom stereocenters. The molecule has 1 rings (SSSR count). The van der Waals surface area contributed by atoms with Gasteiger partial charge >= 0.3 is 5.97 Å². The second-order valence-corrected chi connectivity index (χ2v) is 6.26. The van der Waals surface area contributed by atoms with Gasteiger partial charge < -0.3 is 10.5 Å². The molecule has 3 N–H and O–H groups in total. The first-order valence-corrected chi connectivity index (χ1v) is 7.83. The van der Waals surface area contributed by atoms with Crippen molar-refractivity contribution in [1.29, 1.82) is 0 Å². The fourth-order valence-corrected chi connectivity index (χ4v) is 2.89. The highest BCUT2D eigenvalue weighted by atomic mass is 35.5. The number of nitrogens with two attached hydrogens (primary N) is 1. The molecule has 116 valence electrons. The molecule has 0 aliphatic rings. The number of ether oxygens (including phenoxy) is 1. The van der Waals surface area contributed by atoms with E-state index in [1.807, 2.05) is 0 Å². The van der Waals surface area contributed by atoms with Gasteiger partial charge in [0.15, 0.2) is 6.10 Å². The minimum Gasteiger partial charge on any atom is -0.453 e. The SMILES string of the molecule is C[C@@H](OC(=O)CCNS(=O)(=O)c1ccccc1Cl)C(N)=O. The van der Waals surface area contributed by atoms with Crippen molar-refractivity contribution in [3.63, 3.8) is 0 Å². The van der Waals surface area contributed by atoms with Crippen molar-refractivity contribution in [2.24, 2.45) is 5.73 Å². The molecule has 0 spiro atoms. The smallest absolute Gasteiger partial charge is 0.307 e. The van der Waals surface area contributed by atoms with E-state index in [0.29, 0.717) is 0 Å². The summed E-state index contributed by atoms with van der Waals surface area (Å²) in [5, 5.41) is 0.0786. The van der Waals surface area contributed by atoms with Gasteiger partial charge in [0.2, 0.25) is 10.0 Å². The van der Waals surface area contributed by atoms with E-state index < -0.39 is 28.0 Å². The number of hydrogen-bond donors (Lipinski definition) is 2. The number of carbonyl (C=O) groups excluding carboxylic acids is 2. The van der Waals surface area contributed by atoms with E-state index in [2.05, 4.69) is 9.46 Å². The zero-order valence-electron chi connectivity index (χ0n) is 11.2. The molecule has 0 saturated carbocycles. The highest BCUT2D eigenvalue weighted by Gasteiger charge is 2.18. The van der Waals surface area contributed by atoms with Gasteiger partial charge in [0.25, 0.3) is 5.91 Å². The van der Waals surface area contributed by atoms with Crippen LogP contribution in [-0.2, 0) is 24.3 Å². The fourth-order valence-electron chi connectivity index (χ4n) is 1.34. The van der Waals surface area contributed by atoms with Gasteiger partial charge in [0.1, 0.15) is 4.90 Å². The van der Waals surface area contributed by atoms with Crippen LogP contribution in [-0.4, -0.2) is 32.9 Å². The zero-order valence-corrected chi connectivity index (χ0v) is 12.8. The average molecular weight is 335 g/mol.